The Morgan fingerprint density at radius 3 is 2.53 bits per heavy atom. The van der Waals surface area contributed by atoms with Crippen LogP contribution in [0.5, 0.6) is 5.75 Å². The van der Waals surface area contributed by atoms with Crippen LogP contribution >= 0.6 is 0 Å². The van der Waals surface area contributed by atoms with E-state index in [1.54, 1.807) is 12.2 Å². The summed E-state index contributed by atoms with van der Waals surface area (Å²) in [5.74, 6) is -0.999. The molecule has 2 aromatic carbocycles. The summed E-state index contributed by atoms with van der Waals surface area (Å²) in [4.78, 5) is 25.0. The van der Waals surface area contributed by atoms with Crippen molar-refractivity contribution in [1.82, 2.24) is 0 Å². The van der Waals surface area contributed by atoms with Crippen molar-refractivity contribution in [2.24, 2.45) is 17.8 Å². The van der Waals surface area contributed by atoms with Crippen molar-refractivity contribution < 1.29 is 19.4 Å². The summed E-state index contributed by atoms with van der Waals surface area (Å²) >= 11 is 0. The molecular weight excluding hydrogens is 376 g/mol. The fourth-order valence-electron chi connectivity index (χ4n) is 5.02. The second-order valence-corrected chi connectivity index (χ2v) is 8.79. The summed E-state index contributed by atoms with van der Waals surface area (Å²) < 4.78 is 5.98. The lowest BCUT2D eigenvalue weighted by Gasteiger charge is -2.34. The number of aliphatic carboxylic acids is 1. The van der Waals surface area contributed by atoms with Gasteiger partial charge >= 0.3 is 11.9 Å². The number of hydrogen-bond donors (Lipinski definition) is 1. The normalized spacial score (nSPS) is 28.4. The monoisotopic (exact) mass is 404 g/mol. The van der Waals surface area contributed by atoms with Crippen LogP contribution in [0, 0.1) is 17.8 Å². The highest BCUT2D eigenvalue weighted by atomic mass is 16.5. The fraction of sp³-hybridized carbons (Fsp3) is 0.385. The highest BCUT2D eigenvalue weighted by Crippen LogP contribution is 2.43. The van der Waals surface area contributed by atoms with Gasteiger partial charge in [-0.3, -0.25) is 9.59 Å². The van der Waals surface area contributed by atoms with Crippen molar-refractivity contribution in [3.63, 3.8) is 0 Å². The zero-order chi connectivity index (χ0) is 21.3. The zero-order valence-corrected chi connectivity index (χ0v) is 17.5. The molecule has 1 saturated carbocycles. The quantitative estimate of drug-likeness (QED) is 0.528. The molecule has 0 radical (unpaired) electrons. The molecule has 156 valence electrons. The van der Waals surface area contributed by atoms with E-state index in [2.05, 4.69) is 6.92 Å². The highest BCUT2D eigenvalue weighted by molar-refractivity contribution is 5.95. The maximum absolute atomic E-state index is 13.0. The molecular formula is C26H28O4. The molecule has 0 aromatic heterocycles. The van der Waals surface area contributed by atoms with E-state index in [4.69, 9.17) is 4.74 Å². The van der Waals surface area contributed by atoms with Crippen LogP contribution in [0.4, 0.5) is 0 Å². The van der Waals surface area contributed by atoms with E-state index in [0.717, 1.165) is 42.0 Å². The summed E-state index contributed by atoms with van der Waals surface area (Å²) in [7, 11) is 0. The number of carboxylic acids is 1. The Balaban J connectivity index is 1.79. The summed E-state index contributed by atoms with van der Waals surface area (Å²) in [5, 5.41) is 11.6. The number of carbonyl (C=O) groups excluding carboxylic acids is 1. The van der Waals surface area contributed by atoms with Crippen LogP contribution in [-0.2, 0) is 15.0 Å². The number of hydrogen-bond acceptors (Lipinski definition) is 3. The largest absolute Gasteiger partial charge is 0.481 e. The van der Waals surface area contributed by atoms with Gasteiger partial charge in [0.25, 0.3) is 0 Å². The molecule has 1 fully saturated rings. The lowest BCUT2D eigenvalue weighted by Crippen LogP contribution is -2.36. The number of fused-ring (bicyclic) bond motifs is 1. The molecule has 0 saturated heterocycles. The second-order valence-electron chi connectivity index (χ2n) is 8.79. The van der Waals surface area contributed by atoms with Crippen LogP contribution in [0.25, 0.3) is 10.8 Å². The van der Waals surface area contributed by atoms with Gasteiger partial charge in [0.15, 0.2) is 0 Å². The van der Waals surface area contributed by atoms with E-state index in [9.17, 15) is 14.7 Å². The Morgan fingerprint density at radius 1 is 1.07 bits per heavy atom. The second kappa shape index (κ2) is 8.10. The molecule has 2 aliphatic carbocycles. The van der Waals surface area contributed by atoms with Gasteiger partial charge in [-0.15, -0.1) is 0 Å². The third-order valence-corrected chi connectivity index (χ3v) is 6.84. The number of carboxylic acid groups (broad SMARTS) is 1. The van der Waals surface area contributed by atoms with Crippen molar-refractivity contribution in [3.8, 4) is 5.75 Å². The molecule has 4 rings (SSSR count). The minimum atomic E-state index is -0.874. The van der Waals surface area contributed by atoms with Crippen molar-refractivity contribution in [2.45, 2.75) is 44.9 Å². The molecule has 1 N–H and O–H groups in total. The SMILES string of the molecule is CC1CCCCC1C(=O)Oc1cccc2cccc(C3(C)C=CC=CC3C(=O)O)c12. The van der Waals surface area contributed by atoms with E-state index in [-0.39, 0.29) is 11.9 Å². The topological polar surface area (TPSA) is 63.6 Å². The standard InChI is InChI=1S/C26H28O4/c1-17-9-3-4-12-19(17)25(29)30-22-15-8-11-18-10-7-14-20(23(18)22)26(2)16-6-5-13-21(26)24(27)28/h5-8,10-11,13-17,19,21H,3-4,9,12H2,1-2H3,(H,27,28). The summed E-state index contributed by atoms with van der Waals surface area (Å²) in [6.45, 7) is 4.06. The predicted octanol–water partition coefficient (Wildman–Crippen LogP) is 5.66. The molecule has 0 amide bonds. The number of allylic oxidation sites excluding steroid dienone is 3. The van der Waals surface area contributed by atoms with E-state index < -0.39 is 17.3 Å². The molecule has 30 heavy (non-hydrogen) atoms. The van der Waals surface area contributed by atoms with Gasteiger partial charge in [0.1, 0.15) is 5.75 Å². The van der Waals surface area contributed by atoms with Crippen LogP contribution in [0.15, 0.2) is 60.7 Å². The molecule has 4 heteroatoms. The minimum absolute atomic E-state index is 0.0824. The van der Waals surface area contributed by atoms with E-state index in [0.29, 0.717) is 11.7 Å². The number of rotatable bonds is 4. The number of ether oxygens (including phenoxy) is 1. The Hall–Kier alpha value is -2.88. The molecule has 4 unspecified atom stereocenters. The molecule has 2 aromatic rings. The van der Waals surface area contributed by atoms with Gasteiger partial charge in [0.05, 0.1) is 11.8 Å². The van der Waals surface area contributed by atoms with Crippen LogP contribution < -0.4 is 4.74 Å². The molecule has 0 spiro atoms. The number of benzene rings is 2. The van der Waals surface area contributed by atoms with Crippen LogP contribution in [0.2, 0.25) is 0 Å². The first kappa shape index (κ1) is 20.4. The average Bonchev–Trinajstić information content (AvgIpc) is 2.74. The maximum Gasteiger partial charge on any atom is 0.314 e. The van der Waals surface area contributed by atoms with Crippen LogP contribution in [-0.4, -0.2) is 17.0 Å². The third kappa shape index (κ3) is 3.55. The number of esters is 1. The van der Waals surface area contributed by atoms with E-state index >= 15 is 0 Å². The zero-order valence-electron chi connectivity index (χ0n) is 17.5. The van der Waals surface area contributed by atoms with E-state index in [1.807, 2.05) is 55.5 Å². The van der Waals surface area contributed by atoms with Crippen molar-refractivity contribution in [1.29, 1.82) is 0 Å². The summed E-state index contributed by atoms with van der Waals surface area (Å²) in [6, 6.07) is 11.5. The molecule has 0 bridgehead atoms. The van der Waals surface area contributed by atoms with Crippen LogP contribution in [0.3, 0.4) is 0 Å². The minimum Gasteiger partial charge on any atom is -0.481 e. The highest BCUT2D eigenvalue weighted by Gasteiger charge is 2.40. The van der Waals surface area contributed by atoms with Crippen molar-refractivity contribution in [2.75, 3.05) is 0 Å². The average molecular weight is 405 g/mol. The predicted molar refractivity (Wildman–Crippen MR) is 117 cm³/mol. The smallest absolute Gasteiger partial charge is 0.314 e. The third-order valence-electron chi connectivity index (χ3n) is 6.84. The van der Waals surface area contributed by atoms with E-state index in [1.165, 1.54) is 0 Å². The Labute approximate surface area is 177 Å². The van der Waals surface area contributed by atoms with Gasteiger partial charge in [-0.1, -0.05) is 81.3 Å². The Kier molecular flexibility index (Phi) is 5.50. The first-order chi connectivity index (χ1) is 14.4. The molecule has 4 nitrogen and oxygen atoms in total. The lowest BCUT2D eigenvalue weighted by atomic mass is 9.68. The molecule has 2 aliphatic rings. The fourth-order valence-corrected chi connectivity index (χ4v) is 5.02. The van der Waals surface area contributed by atoms with Gasteiger partial charge in [0, 0.05) is 10.8 Å². The molecule has 4 atom stereocenters. The van der Waals surface area contributed by atoms with Gasteiger partial charge in [-0.25, -0.2) is 0 Å². The summed E-state index contributed by atoms with van der Waals surface area (Å²) in [5.41, 5.74) is 0.105. The lowest BCUT2D eigenvalue weighted by molar-refractivity contribution is -0.142. The summed E-state index contributed by atoms with van der Waals surface area (Å²) in [6.07, 6.45) is 11.5. The Morgan fingerprint density at radius 2 is 1.80 bits per heavy atom. The van der Waals surface area contributed by atoms with Gasteiger partial charge < -0.3 is 9.84 Å². The van der Waals surface area contributed by atoms with Gasteiger partial charge in [-0.05, 0) is 35.8 Å². The Bertz CT molecular complexity index is 1030. The van der Waals surface area contributed by atoms with Crippen LogP contribution in [0.1, 0.15) is 45.1 Å². The molecule has 0 heterocycles. The molecule has 0 aliphatic heterocycles. The maximum atomic E-state index is 13.0. The first-order valence-corrected chi connectivity index (χ1v) is 10.7. The van der Waals surface area contributed by atoms with Crippen molar-refractivity contribution in [3.05, 3.63) is 66.3 Å². The van der Waals surface area contributed by atoms with Gasteiger partial charge in [-0.2, -0.15) is 0 Å². The van der Waals surface area contributed by atoms with Gasteiger partial charge in [0.2, 0.25) is 0 Å². The first-order valence-electron chi connectivity index (χ1n) is 10.7. The number of carbonyl (C=O) groups is 2. The van der Waals surface area contributed by atoms with Crippen molar-refractivity contribution >= 4 is 22.7 Å².